The first-order valence-electron chi connectivity index (χ1n) is 9.62. The smallest absolute Gasteiger partial charge is 0.255 e. The molecule has 0 aliphatic carbocycles. The summed E-state index contributed by atoms with van der Waals surface area (Å²) in [5.41, 5.74) is 0.534. The normalized spacial score (nSPS) is 20.4. The van der Waals surface area contributed by atoms with Crippen LogP contribution in [0, 0.1) is 0 Å². The minimum atomic E-state index is -1.16. The van der Waals surface area contributed by atoms with E-state index in [1.165, 1.54) is 11.9 Å². The summed E-state index contributed by atoms with van der Waals surface area (Å²) >= 11 is 0. The largest absolute Gasteiger partial charge is 0.385 e. The van der Waals surface area contributed by atoms with Gasteiger partial charge in [-0.15, -0.1) is 0 Å². The predicted molar refractivity (Wildman–Crippen MR) is 107 cm³/mol. The summed E-state index contributed by atoms with van der Waals surface area (Å²) in [5.74, 6) is -0.128. The number of carbonyl (C=O) groups is 1. The number of hydrogen-bond donors (Lipinski definition) is 1. The number of β-amino-alcohol motifs (C(OH)–C–C–N with tert-alkyl or cyclic N) is 1. The standard InChI is InChI=1S/C21H24N6O2/c28-20(19-7-4-8-22-11-19)26-10-9-25(12-18-5-2-1-3-6-18)13-21(29,14-26)15-27-17-23-16-24-27/h1-8,11,16-17,29H,9-10,12-15H2/t21-/m0/s1. The fourth-order valence-electron chi connectivity index (χ4n) is 3.78. The number of benzene rings is 1. The van der Waals surface area contributed by atoms with E-state index in [-0.39, 0.29) is 19.0 Å². The highest BCUT2D eigenvalue weighted by Crippen LogP contribution is 2.20. The van der Waals surface area contributed by atoms with Crippen molar-refractivity contribution in [2.45, 2.75) is 18.7 Å². The molecule has 0 bridgehead atoms. The molecule has 1 saturated heterocycles. The van der Waals surface area contributed by atoms with Crippen molar-refractivity contribution in [3.63, 3.8) is 0 Å². The van der Waals surface area contributed by atoms with Gasteiger partial charge in [0.1, 0.15) is 18.3 Å². The van der Waals surface area contributed by atoms with Crippen LogP contribution < -0.4 is 0 Å². The third-order valence-corrected chi connectivity index (χ3v) is 5.06. The fourth-order valence-corrected chi connectivity index (χ4v) is 3.78. The molecule has 1 fully saturated rings. The van der Waals surface area contributed by atoms with Crippen molar-refractivity contribution in [2.24, 2.45) is 0 Å². The van der Waals surface area contributed by atoms with Gasteiger partial charge in [-0.25, -0.2) is 9.67 Å². The number of nitrogens with zero attached hydrogens (tertiary/aromatic N) is 6. The summed E-state index contributed by atoms with van der Waals surface area (Å²) < 4.78 is 1.61. The van der Waals surface area contributed by atoms with Crippen LogP contribution in [0.1, 0.15) is 15.9 Å². The van der Waals surface area contributed by atoms with E-state index < -0.39 is 5.60 Å². The number of carbonyl (C=O) groups excluding carboxylic acids is 1. The predicted octanol–water partition coefficient (Wildman–Crippen LogP) is 1.06. The van der Waals surface area contributed by atoms with Gasteiger partial charge in [0.05, 0.1) is 18.7 Å². The second kappa shape index (κ2) is 8.50. The third-order valence-electron chi connectivity index (χ3n) is 5.06. The maximum absolute atomic E-state index is 13.0. The highest BCUT2D eigenvalue weighted by molar-refractivity contribution is 5.94. The van der Waals surface area contributed by atoms with Crippen LogP contribution in [-0.4, -0.2) is 72.3 Å². The first-order chi connectivity index (χ1) is 14.1. The molecule has 0 saturated carbocycles. The molecule has 8 heteroatoms. The Morgan fingerprint density at radius 1 is 1.07 bits per heavy atom. The number of hydrogen-bond acceptors (Lipinski definition) is 6. The molecule has 0 unspecified atom stereocenters. The van der Waals surface area contributed by atoms with E-state index in [1.807, 2.05) is 18.2 Å². The minimum absolute atomic E-state index is 0.128. The summed E-state index contributed by atoms with van der Waals surface area (Å²) in [4.78, 5) is 24.9. The van der Waals surface area contributed by atoms with Crippen LogP contribution in [0.5, 0.6) is 0 Å². The molecule has 150 valence electrons. The Kier molecular flexibility index (Phi) is 5.64. The molecule has 1 aromatic carbocycles. The molecule has 4 rings (SSSR count). The van der Waals surface area contributed by atoms with Crippen LogP contribution in [0.15, 0.2) is 67.5 Å². The zero-order valence-corrected chi connectivity index (χ0v) is 16.1. The van der Waals surface area contributed by atoms with E-state index in [4.69, 9.17) is 0 Å². The monoisotopic (exact) mass is 392 g/mol. The topological polar surface area (TPSA) is 87.4 Å². The van der Waals surface area contributed by atoms with Crippen molar-refractivity contribution in [3.05, 3.63) is 78.6 Å². The number of aliphatic hydroxyl groups is 1. The van der Waals surface area contributed by atoms with Crippen LogP contribution in [0.2, 0.25) is 0 Å². The molecule has 29 heavy (non-hydrogen) atoms. The Hall–Kier alpha value is -3.10. The molecule has 1 amide bonds. The Morgan fingerprint density at radius 3 is 2.66 bits per heavy atom. The maximum Gasteiger partial charge on any atom is 0.255 e. The van der Waals surface area contributed by atoms with E-state index >= 15 is 0 Å². The Morgan fingerprint density at radius 2 is 1.93 bits per heavy atom. The number of rotatable bonds is 5. The van der Waals surface area contributed by atoms with E-state index in [1.54, 1.807) is 40.4 Å². The van der Waals surface area contributed by atoms with Crippen LogP contribution in [0.4, 0.5) is 0 Å². The lowest BCUT2D eigenvalue weighted by atomic mass is 10.0. The highest BCUT2D eigenvalue weighted by atomic mass is 16.3. The summed E-state index contributed by atoms with van der Waals surface area (Å²) in [6, 6.07) is 13.6. The van der Waals surface area contributed by atoms with E-state index in [2.05, 4.69) is 32.1 Å². The van der Waals surface area contributed by atoms with Crippen molar-refractivity contribution in [1.29, 1.82) is 0 Å². The molecule has 1 atom stereocenters. The second-order valence-corrected chi connectivity index (χ2v) is 7.48. The quantitative estimate of drug-likeness (QED) is 0.699. The van der Waals surface area contributed by atoms with E-state index in [9.17, 15) is 9.90 Å². The van der Waals surface area contributed by atoms with Crippen LogP contribution in [0.25, 0.3) is 0 Å². The molecule has 3 aromatic rings. The second-order valence-electron chi connectivity index (χ2n) is 7.48. The van der Waals surface area contributed by atoms with Gasteiger partial charge in [0.15, 0.2) is 0 Å². The lowest BCUT2D eigenvalue weighted by molar-refractivity contribution is -0.0185. The minimum Gasteiger partial charge on any atom is -0.385 e. The lowest BCUT2D eigenvalue weighted by Crippen LogP contribution is -2.51. The molecule has 1 N–H and O–H groups in total. The molecule has 0 spiro atoms. The first kappa shape index (κ1) is 19.2. The van der Waals surface area contributed by atoms with Gasteiger partial charge in [-0.05, 0) is 17.7 Å². The average molecular weight is 392 g/mol. The van der Waals surface area contributed by atoms with Crippen molar-refractivity contribution in [1.82, 2.24) is 29.5 Å². The van der Waals surface area contributed by atoms with Gasteiger partial charge in [0, 0.05) is 38.6 Å². The molecule has 1 aliphatic rings. The molecule has 0 radical (unpaired) electrons. The van der Waals surface area contributed by atoms with Gasteiger partial charge in [0.25, 0.3) is 5.91 Å². The van der Waals surface area contributed by atoms with Crippen molar-refractivity contribution in [3.8, 4) is 0 Å². The van der Waals surface area contributed by atoms with E-state index in [0.717, 1.165) is 0 Å². The van der Waals surface area contributed by atoms with Crippen LogP contribution >= 0.6 is 0 Å². The number of amides is 1. The van der Waals surface area contributed by atoms with E-state index in [0.29, 0.717) is 31.7 Å². The van der Waals surface area contributed by atoms with Crippen LogP contribution in [-0.2, 0) is 13.1 Å². The van der Waals surface area contributed by atoms with Crippen molar-refractivity contribution >= 4 is 5.91 Å². The first-order valence-corrected chi connectivity index (χ1v) is 9.62. The summed E-state index contributed by atoms with van der Waals surface area (Å²) in [5, 5.41) is 15.6. The molecular weight excluding hydrogens is 368 g/mol. The maximum atomic E-state index is 13.0. The average Bonchev–Trinajstić information content (AvgIpc) is 3.18. The van der Waals surface area contributed by atoms with Gasteiger partial charge in [-0.1, -0.05) is 30.3 Å². The Bertz CT molecular complexity index is 919. The van der Waals surface area contributed by atoms with Crippen molar-refractivity contribution in [2.75, 3.05) is 26.2 Å². The van der Waals surface area contributed by atoms with Crippen molar-refractivity contribution < 1.29 is 9.90 Å². The fraction of sp³-hybridized carbons (Fsp3) is 0.333. The van der Waals surface area contributed by atoms with Gasteiger partial charge in [-0.3, -0.25) is 14.7 Å². The van der Waals surface area contributed by atoms with Gasteiger partial charge in [0.2, 0.25) is 0 Å². The highest BCUT2D eigenvalue weighted by Gasteiger charge is 2.37. The van der Waals surface area contributed by atoms with Gasteiger partial charge < -0.3 is 10.0 Å². The molecule has 2 aromatic heterocycles. The molecule has 1 aliphatic heterocycles. The van der Waals surface area contributed by atoms with Gasteiger partial charge >= 0.3 is 0 Å². The summed E-state index contributed by atoms with van der Waals surface area (Å²) in [6.07, 6.45) is 6.23. The lowest BCUT2D eigenvalue weighted by Gasteiger charge is -2.33. The SMILES string of the molecule is O=C(c1cccnc1)N1CCN(Cc2ccccc2)C[C@@](O)(Cn2cncn2)C1. The number of pyridine rings is 1. The molecule has 8 nitrogen and oxygen atoms in total. The molecule has 3 heterocycles. The zero-order chi connectivity index (χ0) is 20.1. The summed E-state index contributed by atoms with van der Waals surface area (Å²) in [7, 11) is 0. The van der Waals surface area contributed by atoms with Gasteiger partial charge in [-0.2, -0.15) is 5.10 Å². The summed E-state index contributed by atoms with van der Waals surface area (Å²) in [6.45, 7) is 2.80. The third kappa shape index (κ3) is 4.85. The Labute approximate surface area is 169 Å². The Balaban J connectivity index is 1.57. The zero-order valence-electron chi connectivity index (χ0n) is 16.1. The number of aromatic nitrogens is 4. The van der Waals surface area contributed by atoms with Crippen LogP contribution in [0.3, 0.4) is 0 Å². The molecular formula is C21H24N6O2.